The maximum absolute atomic E-state index is 12.8. The molecule has 4 nitrogen and oxygen atoms in total. The predicted octanol–water partition coefficient (Wildman–Crippen LogP) is 3.06. The van der Waals surface area contributed by atoms with Crippen molar-refractivity contribution in [3.05, 3.63) is 41.0 Å². The van der Waals surface area contributed by atoms with Gasteiger partial charge >= 0.3 is 6.18 Å². The number of aryl methyl sites for hydroxylation is 2. The van der Waals surface area contributed by atoms with Crippen molar-refractivity contribution in [3.63, 3.8) is 0 Å². The van der Waals surface area contributed by atoms with Gasteiger partial charge in [-0.15, -0.1) is 10.2 Å². The molecule has 0 aliphatic heterocycles. The molecule has 0 saturated heterocycles. The van der Waals surface area contributed by atoms with Gasteiger partial charge in [-0.25, -0.2) is 0 Å². The van der Waals surface area contributed by atoms with Gasteiger partial charge in [0, 0.05) is 12.7 Å². The number of nitrogens with zero attached hydrogens (tertiary/aromatic N) is 3. The molecule has 2 rings (SSSR count). The molecule has 0 bridgehead atoms. The van der Waals surface area contributed by atoms with Crippen LogP contribution < -0.4 is 5.32 Å². The standard InChI is InChI=1S/C13H15F3N4/c1-8-4-5-10(6-11(8)13(14,15)16)17-7-12-19-18-9(2)20(12)3/h4-6,17H,7H2,1-3H3. The molecule has 0 spiro atoms. The quantitative estimate of drug-likeness (QED) is 0.942. The highest BCUT2D eigenvalue weighted by Gasteiger charge is 2.32. The zero-order valence-corrected chi connectivity index (χ0v) is 11.4. The van der Waals surface area contributed by atoms with Crippen LogP contribution in [0.4, 0.5) is 18.9 Å². The van der Waals surface area contributed by atoms with Crippen LogP contribution in [0, 0.1) is 13.8 Å². The van der Waals surface area contributed by atoms with Crippen LogP contribution in [-0.2, 0) is 19.8 Å². The van der Waals surface area contributed by atoms with E-state index >= 15 is 0 Å². The molecule has 1 N–H and O–H groups in total. The average molecular weight is 284 g/mol. The lowest BCUT2D eigenvalue weighted by Gasteiger charge is -2.13. The predicted molar refractivity (Wildman–Crippen MR) is 69.2 cm³/mol. The molecule has 0 amide bonds. The minimum Gasteiger partial charge on any atom is -0.378 e. The average Bonchev–Trinajstić information content (AvgIpc) is 2.68. The van der Waals surface area contributed by atoms with Crippen LogP contribution in [0.25, 0.3) is 0 Å². The Bertz CT molecular complexity index is 617. The summed E-state index contributed by atoms with van der Waals surface area (Å²) in [4.78, 5) is 0. The normalized spacial score (nSPS) is 11.7. The third-order valence-corrected chi connectivity index (χ3v) is 3.18. The van der Waals surface area contributed by atoms with E-state index in [1.54, 1.807) is 10.6 Å². The van der Waals surface area contributed by atoms with Gasteiger partial charge in [0.05, 0.1) is 12.1 Å². The van der Waals surface area contributed by atoms with E-state index < -0.39 is 11.7 Å². The molecule has 0 fully saturated rings. The Hall–Kier alpha value is -2.05. The Morgan fingerprint density at radius 1 is 1.20 bits per heavy atom. The van der Waals surface area contributed by atoms with Crippen LogP contribution >= 0.6 is 0 Å². The van der Waals surface area contributed by atoms with Crippen molar-refractivity contribution < 1.29 is 13.2 Å². The number of nitrogens with one attached hydrogen (secondary N) is 1. The second-order valence-corrected chi connectivity index (χ2v) is 4.60. The molecule has 0 radical (unpaired) electrons. The lowest BCUT2D eigenvalue weighted by Crippen LogP contribution is -2.10. The molecule has 0 saturated carbocycles. The third-order valence-electron chi connectivity index (χ3n) is 3.18. The monoisotopic (exact) mass is 284 g/mol. The Morgan fingerprint density at radius 3 is 2.45 bits per heavy atom. The van der Waals surface area contributed by atoms with Gasteiger partial charge in [-0.05, 0) is 31.5 Å². The first-order valence-electron chi connectivity index (χ1n) is 6.05. The van der Waals surface area contributed by atoms with Gasteiger partial charge in [0.2, 0.25) is 0 Å². The molecule has 108 valence electrons. The summed E-state index contributed by atoms with van der Waals surface area (Å²) in [6, 6.07) is 4.18. The molecule has 0 aliphatic rings. The number of anilines is 1. The van der Waals surface area contributed by atoms with Gasteiger partial charge in [0.1, 0.15) is 5.82 Å². The van der Waals surface area contributed by atoms with Crippen molar-refractivity contribution in [1.29, 1.82) is 0 Å². The molecule has 2 aromatic rings. The van der Waals surface area contributed by atoms with E-state index in [9.17, 15) is 13.2 Å². The summed E-state index contributed by atoms with van der Waals surface area (Å²) in [5, 5.41) is 10.8. The third kappa shape index (κ3) is 2.92. The summed E-state index contributed by atoms with van der Waals surface area (Å²) < 4.78 is 40.2. The summed E-state index contributed by atoms with van der Waals surface area (Å²) in [7, 11) is 1.81. The Labute approximate surface area is 114 Å². The number of alkyl halides is 3. The van der Waals surface area contributed by atoms with Crippen molar-refractivity contribution in [2.24, 2.45) is 7.05 Å². The number of rotatable bonds is 3. The van der Waals surface area contributed by atoms with Crippen molar-refractivity contribution in [2.45, 2.75) is 26.6 Å². The van der Waals surface area contributed by atoms with Crippen molar-refractivity contribution in [3.8, 4) is 0 Å². The van der Waals surface area contributed by atoms with E-state index in [1.165, 1.54) is 13.0 Å². The fourth-order valence-corrected chi connectivity index (χ4v) is 1.82. The van der Waals surface area contributed by atoms with E-state index in [-0.39, 0.29) is 5.56 Å². The van der Waals surface area contributed by atoms with Crippen molar-refractivity contribution in [2.75, 3.05) is 5.32 Å². The van der Waals surface area contributed by atoms with Gasteiger partial charge in [0.25, 0.3) is 0 Å². The first-order valence-corrected chi connectivity index (χ1v) is 6.05. The van der Waals surface area contributed by atoms with Crippen LogP contribution in [-0.4, -0.2) is 14.8 Å². The maximum atomic E-state index is 12.8. The number of hydrogen-bond donors (Lipinski definition) is 1. The lowest BCUT2D eigenvalue weighted by atomic mass is 10.1. The largest absolute Gasteiger partial charge is 0.416 e. The molecular weight excluding hydrogens is 269 g/mol. The fraction of sp³-hybridized carbons (Fsp3) is 0.385. The summed E-state index contributed by atoms with van der Waals surface area (Å²) in [6.45, 7) is 3.57. The van der Waals surface area contributed by atoms with Crippen LogP contribution in [0.2, 0.25) is 0 Å². The zero-order chi connectivity index (χ0) is 14.9. The molecule has 20 heavy (non-hydrogen) atoms. The highest BCUT2D eigenvalue weighted by Crippen LogP contribution is 2.33. The van der Waals surface area contributed by atoms with E-state index in [0.29, 0.717) is 18.1 Å². The van der Waals surface area contributed by atoms with Gasteiger partial charge in [-0.3, -0.25) is 0 Å². The van der Waals surface area contributed by atoms with Crippen LogP contribution in [0.5, 0.6) is 0 Å². The summed E-state index contributed by atoms with van der Waals surface area (Å²) in [6.07, 6.45) is -4.34. The first kappa shape index (κ1) is 14.4. The van der Waals surface area contributed by atoms with E-state index in [2.05, 4.69) is 15.5 Å². The molecule has 7 heteroatoms. The molecule has 0 atom stereocenters. The van der Waals surface area contributed by atoms with Gasteiger partial charge in [-0.2, -0.15) is 13.2 Å². The van der Waals surface area contributed by atoms with Crippen molar-refractivity contribution in [1.82, 2.24) is 14.8 Å². The Kier molecular flexibility index (Phi) is 3.69. The number of benzene rings is 1. The number of halogens is 3. The SMILES string of the molecule is Cc1ccc(NCc2nnc(C)n2C)cc1C(F)(F)F. The maximum Gasteiger partial charge on any atom is 0.416 e. The highest BCUT2D eigenvalue weighted by atomic mass is 19.4. The minimum absolute atomic E-state index is 0.206. The number of hydrogen-bond acceptors (Lipinski definition) is 3. The van der Waals surface area contributed by atoms with Gasteiger partial charge < -0.3 is 9.88 Å². The fourth-order valence-electron chi connectivity index (χ4n) is 1.82. The summed E-state index contributed by atoms with van der Waals surface area (Å²) >= 11 is 0. The minimum atomic E-state index is -4.34. The van der Waals surface area contributed by atoms with E-state index in [4.69, 9.17) is 0 Å². The smallest absolute Gasteiger partial charge is 0.378 e. The second-order valence-electron chi connectivity index (χ2n) is 4.60. The van der Waals surface area contributed by atoms with Crippen molar-refractivity contribution >= 4 is 5.69 Å². The topological polar surface area (TPSA) is 42.7 Å². The lowest BCUT2D eigenvalue weighted by molar-refractivity contribution is -0.138. The molecular formula is C13H15F3N4. The number of aromatic nitrogens is 3. The highest BCUT2D eigenvalue weighted by molar-refractivity contribution is 5.49. The molecule has 0 unspecified atom stereocenters. The van der Waals surface area contributed by atoms with Gasteiger partial charge in [0.15, 0.2) is 5.82 Å². The summed E-state index contributed by atoms with van der Waals surface area (Å²) in [5.74, 6) is 1.42. The molecule has 1 aromatic heterocycles. The molecule has 1 aromatic carbocycles. The van der Waals surface area contributed by atoms with Gasteiger partial charge in [-0.1, -0.05) is 6.07 Å². The van der Waals surface area contributed by atoms with E-state index in [0.717, 1.165) is 11.9 Å². The van der Waals surface area contributed by atoms with E-state index in [1.807, 2.05) is 14.0 Å². The molecule has 0 aliphatic carbocycles. The second kappa shape index (κ2) is 5.15. The first-order chi connectivity index (χ1) is 9.29. The zero-order valence-electron chi connectivity index (χ0n) is 11.4. The van der Waals surface area contributed by atoms with Crippen LogP contribution in [0.15, 0.2) is 18.2 Å². The van der Waals surface area contributed by atoms with Crippen LogP contribution in [0.3, 0.4) is 0 Å². The summed E-state index contributed by atoms with van der Waals surface area (Å²) in [5.41, 5.74) is -0.0159. The Balaban J connectivity index is 2.17. The van der Waals surface area contributed by atoms with Crippen LogP contribution in [0.1, 0.15) is 22.8 Å². The molecule has 1 heterocycles. The Morgan fingerprint density at radius 2 is 1.90 bits per heavy atom.